The normalized spacial score (nSPS) is 26.1. The van der Waals surface area contributed by atoms with E-state index >= 15 is 0 Å². The molecule has 0 amide bonds. The summed E-state index contributed by atoms with van der Waals surface area (Å²) in [5.41, 5.74) is 1.41. The second-order valence-corrected chi connectivity index (χ2v) is 4.94. The van der Waals surface area contributed by atoms with Gasteiger partial charge in [-0.1, -0.05) is 37.3 Å². The van der Waals surface area contributed by atoms with E-state index in [0.717, 1.165) is 12.4 Å². The van der Waals surface area contributed by atoms with Crippen molar-refractivity contribution in [1.29, 1.82) is 0 Å². The van der Waals surface area contributed by atoms with Gasteiger partial charge in [-0.2, -0.15) is 0 Å². The van der Waals surface area contributed by atoms with Crippen LogP contribution in [0, 0.1) is 5.92 Å². The Morgan fingerprint density at radius 1 is 1.31 bits per heavy atom. The first-order valence-electron chi connectivity index (χ1n) is 6.19. The Bertz CT molecular complexity index is 312. The Labute approximate surface area is 103 Å². The summed E-state index contributed by atoms with van der Waals surface area (Å²) in [5.74, 6) is 1.50. The van der Waals surface area contributed by atoms with Crippen LogP contribution in [0.25, 0.3) is 0 Å². The van der Waals surface area contributed by atoms with E-state index in [1.807, 2.05) is 0 Å². The molecule has 0 N–H and O–H groups in total. The van der Waals surface area contributed by atoms with Crippen LogP contribution in [-0.2, 0) is 6.54 Å². The molecule has 2 rings (SSSR count). The fraction of sp³-hybridized carbons (Fsp3) is 0.571. The van der Waals surface area contributed by atoms with Crippen molar-refractivity contribution in [1.82, 2.24) is 4.90 Å². The molecular formula is C14H20ClN. The van der Waals surface area contributed by atoms with Crippen LogP contribution < -0.4 is 0 Å². The van der Waals surface area contributed by atoms with Gasteiger partial charge in [0, 0.05) is 18.5 Å². The zero-order valence-corrected chi connectivity index (χ0v) is 10.7. The molecule has 88 valence electrons. The van der Waals surface area contributed by atoms with E-state index in [1.54, 1.807) is 0 Å². The van der Waals surface area contributed by atoms with Gasteiger partial charge >= 0.3 is 0 Å². The average Bonchev–Trinajstić information content (AvgIpc) is 2.72. The first kappa shape index (κ1) is 11.9. The van der Waals surface area contributed by atoms with E-state index in [1.165, 1.54) is 24.9 Å². The number of likely N-dealkylation sites (tertiary alicyclic amines) is 1. The van der Waals surface area contributed by atoms with Crippen LogP contribution in [0.4, 0.5) is 0 Å². The van der Waals surface area contributed by atoms with Crippen molar-refractivity contribution in [3.05, 3.63) is 35.9 Å². The largest absolute Gasteiger partial charge is 0.296 e. The van der Waals surface area contributed by atoms with E-state index in [2.05, 4.69) is 42.2 Å². The topological polar surface area (TPSA) is 3.24 Å². The van der Waals surface area contributed by atoms with Crippen molar-refractivity contribution in [2.45, 2.75) is 32.4 Å². The van der Waals surface area contributed by atoms with Gasteiger partial charge < -0.3 is 0 Å². The number of alkyl halides is 1. The highest BCUT2D eigenvalue weighted by Gasteiger charge is 2.31. The highest BCUT2D eigenvalue weighted by Crippen LogP contribution is 2.28. The van der Waals surface area contributed by atoms with Gasteiger partial charge in [0.15, 0.2) is 0 Å². The summed E-state index contributed by atoms with van der Waals surface area (Å²) in [6.45, 7) is 4.55. The molecule has 1 aromatic carbocycles. The molecule has 1 heterocycles. The number of hydrogen-bond acceptors (Lipinski definition) is 1. The van der Waals surface area contributed by atoms with Crippen LogP contribution in [0.1, 0.15) is 25.3 Å². The molecule has 1 aromatic rings. The summed E-state index contributed by atoms with van der Waals surface area (Å²) in [5, 5.41) is 0. The smallest absolute Gasteiger partial charge is 0.0267 e. The molecule has 1 fully saturated rings. The number of rotatable bonds is 4. The monoisotopic (exact) mass is 237 g/mol. The van der Waals surface area contributed by atoms with Gasteiger partial charge in [-0.05, 0) is 30.9 Å². The Morgan fingerprint density at radius 3 is 2.69 bits per heavy atom. The standard InChI is InChI=1S/C14H20ClN/c1-2-14-13(10-15)8-9-16(14)11-12-6-4-3-5-7-12/h3-7,13-14H,2,8-11H2,1H3. The maximum absolute atomic E-state index is 6.02. The predicted molar refractivity (Wildman–Crippen MR) is 69.8 cm³/mol. The second-order valence-electron chi connectivity index (χ2n) is 4.63. The number of nitrogens with zero attached hydrogens (tertiary/aromatic N) is 1. The molecule has 1 saturated heterocycles. The van der Waals surface area contributed by atoms with Gasteiger partial charge in [0.05, 0.1) is 0 Å². The minimum absolute atomic E-state index is 0.678. The molecule has 2 atom stereocenters. The lowest BCUT2D eigenvalue weighted by atomic mass is 10.0. The Hall–Kier alpha value is -0.530. The van der Waals surface area contributed by atoms with Crippen molar-refractivity contribution >= 4 is 11.6 Å². The van der Waals surface area contributed by atoms with Crippen molar-refractivity contribution in [3.63, 3.8) is 0 Å². The maximum Gasteiger partial charge on any atom is 0.0267 e. The number of halogens is 1. The van der Waals surface area contributed by atoms with Crippen molar-refractivity contribution in [3.8, 4) is 0 Å². The van der Waals surface area contributed by atoms with E-state index in [-0.39, 0.29) is 0 Å². The third-order valence-electron chi connectivity index (χ3n) is 3.65. The van der Waals surface area contributed by atoms with Gasteiger partial charge in [-0.3, -0.25) is 4.90 Å². The fourth-order valence-electron chi connectivity index (χ4n) is 2.77. The molecule has 2 heteroatoms. The van der Waals surface area contributed by atoms with Crippen molar-refractivity contribution in [2.24, 2.45) is 5.92 Å². The molecule has 0 aliphatic carbocycles. The Kier molecular flexibility index (Phi) is 4.25. The summed E-state index contributed by atoms with van der Waals surface area (Å²) in [6, 6.07) is 11.4. The molecule has 1 aliphatic heterocycles. The van der Waals surface area contributed by atoms with Crippen LogP contribution in [0.15, 0.2) is 30.3 Å². The third kappa shape index (κ3) is 2.58. The van der Waals surface area contributed by atoms with Crippen LogP contribution in [0.3, 0.4) is 0 Å². The highest BCUT2D eigenvalue weighted by atomic mass is 35.5. The second kappa shape index (κ2) is 5.70. The first-order valence-corrected chi connectivity index (χ1v) is 6.72. The van der Waals surface area contributed by atoms with Gasteiger partial charge in [0.25, 0.3) is 0 Å². The molecule has 1 nitrogen and oxygen atoms in total. The summed E-state index contributed by atoms with van der Waals surface area (Å²) in [6.07, 6.45) is 2.47. The minimum atomic E-state index is 0.678. The maximum atomic E-state index is 6.02. The fourth-order valence-corrected chi connectivity index (χ4v) is 3.13. The Balaban J connectivity index is 2.00. The zero-order chi connectivity index (χ0) is 11.4. The van der Waals surface area contributed by atoms with Gasteiger partial charge in [-0.25, -0.2) is 0 Å². The quantitative estimate of drug-likeness (QED) is 0.725. The summed E-state index contributed by atoms with van der Waals surface area (Å²) < 4.78 is 0. The predicted octanol–water partition coefficient (Wildman–Crippen LogP) is 3.53. The molecule has 0 radical (unpaired) electrons. The minimum Gasteiger partial charge on any atom is -0.296 e. The zero-order valence-electron chi connectivity index (χ0n) is 9.90. The SMILES string of the molecule is CCC1C(CCl)CCN1Cc1ccccc1. The van der Waals surface area contributed by atoms with E-state index in [0.29, 0.717) is 12.0 Å². The molecule has 0 bridgehead atoms. The van der Waals surface area contributed by atoms with E-state index in [9.17, 15) is 0 Å². The molecule has 16 heavy (non-hydrogen) atoms. The van der Waals surface area contributed by atoms with Crippen molar-refractivity contribution < 1.29 is 0 Å². The number of benzene rings is 1. The van der Waals surface area contributed by atoms with Gasteiger partial charge in [0.1, 0.15) is 0 Å². The van der Waals surface area contributed by atoms with Crippen LogP contribution in [0.5, 0.6) is 0 Å². The molecule has 1 aliphatic rings. The van der Waals surface area contributed by atoms with Crippen LogP contribution in [-0.4, -0.2) is 23.4 Å². The first-order chi connectivity index (χ1) is 7.85. The van der Waals surface area contributed by atoms with E-state index in [4.69, 9.17) is 11.6 Å². The lowest BCUT2D eigenvalue weighted by molar-refractivity contribution is 0.218. The molecule has 0 saturated carbocycles. The third-order valence-corrected chi connectivity index (χ3v) is 4.04. The van der Waals surface area contributed by atoms with Crippen LogP contribution >= 0.6 is 11.6 Å². The molecule has 2 unspecified atom stereocenters. The van der Waals surface area contributed by atoms with Gasteiger partial charge in [0.2, 0.25) is 0 Å². The molecule has 0 aromatic heterocycles. The number of hydrogen-bond donors (Lipinski definition) is 0. The van der Waals surface area contributed by atoms with Gasteiger partial charge in [-0.15, -0.1) is 11.6 Å². The lowest BCUT2D eigenvalue weighted by Crippen LogP contribution is -2.32. The Morgan fingerprint density at radius 2 is 2.06 bits per heavy atom. The summed E-state index contributed by atoms with van der Waals surface area (Å²) in [4.78, 5) is 2.59. The summed E-state index contributed by atoms with van der Waals surface area (Å²) in [7, 11) is 0. The molecule has 0 spiro atoms. The van der Waals surface area contributed by atoms with E-state index < -0.39 is 0 Å². The molecular weight excluding hydrogens is 218 g/mol. The van der Waals surface area contributed by atoms with Crippen LogP contribution in [0.2, 0.25) is 0 Å². The summed E-state index contributed by atoms with van der Waals surface area (Å²) >= 11 is 6.02. The lowest BCUT2D eigenvalue weighted by Gasteiger charge is -2.26. The van der Waals surface area contributed by atoms with Crippen molar-refractivity contribution in [2.75, 3.05) is 12.4 Å². The average molecular weight is 238 g/mol. The highest BCUT2D eigenvalue weighted by molar-refractivity contribution is 6.18.